The van der Waals surface area contributed by atoms with Crippen LogP contribution in [-0.2, 0) is 62.5 Å². The normalized spacial score (nSPS) is 11.7. The molecule has 0 radical (unpaired) electrons. The van der Waals surface area contributed by atoms with Gasteiger partial charge in [-0.2, -0.15) is 92.2 Å². The van der Waals surface area contributed by atoms with Crippen LogP contribution < -0.4 is 14.2 Å². The van der Waals surface area contributed by atoms with Gasteiger partial charge in [0.25, 0.3) is 0 Å². The van der Waals surface area contributed by atoms with Crippen molar-refractivity contribution in [2.24, 2.45) is 0 Å². The lowest BCUT2D eigenvalue weighted by Gasteiger charge is -2.12. The van der Waals surface area contributed by atoms with Crippen LogP contribution in [0.15, 0.2) is 127 Å². The predicted octanol–water partition coefficient (Wildman–Crippen LogP) is 26.6. The summed E-state index contributed by atoms with van der Waals surface area (Å²) in [4.78, 5) is 0. The van der Waals surface area contributed by atoms with Gasteiger partial charge in [-0.05, 0) is 217 Å². The highest BCUT2D eigenvalue weighted by molar-refractivity contribution is 5.40. The molecule has 0 aliphatic rings. The molecule has 0 atom stereocenters. The van der Waals surface area contributed by atoms with Crippen LogP contribution in [0.5, 0.6) is 17.2 Å². The quantitative estimate of drug-likeness (QED) is 0.0756. The molecule has 0 unspecified atom stereocenters. The average molecular weight is 1440 g/mol. The molecule has 24 heteroatoms. The Labute approximate surface area is 567 Å². The van der Waals surface area contributed by atoms with Gasteiger partial charge in [0.2, 0.25) is 0 Å². The molecule has 0 amide bonds. The van der Waals surface area contributed by atoms with Crippen LogP contribution in [-0.4, -0.2) is 19.8 Å². The van der Waals surface area contributed by atoms with Crippen molar-refractivity contribution in [3.05, 3.63) is 228 Å². The minimum absolute atomic E-state index is 0.209. The molecular weight excluding hydrogens is 1350 g/mol. The number of hydrogen-bond donors (Lipinski definition) is 0. The molecule has 0 aliphatic heterocycles. The number of aryl methyl sites for hydroxylation is 11. The van der Waals surface area contributed by atoms with E-state index >= 15 is 0 Å². The van der Waals surface area contributed by atoms with Gasteiger partial charge in [-0.15, -0.1) is 0 Å². The van der Waals surface area contributed by atoms with Crippen molar-refractivity contribution in [2.75, 3.05) is 19.8 Å². The highest BCUT2D eigenvalue weighted by Crippen LogP contribution is 2.39. The molecule has 552 valence electrons. The summed E-state index contributed by atoms with van der Waals surface area (Å²) in [5.74, 6) is 0.812. The Morgan fingerprint density at radius 2 is 0.525 bits per heavy atom. The Morgan fingerprint density at radius 1 is 0.253 bits per heavy atom. The van der Waals surface area contributed by atoms with Gasteiger partial charge in [-0.25, -0.2) is 0 Å². The fourth-order valence-corrected chi connectivity index (χ4v) is 8.88. The van der Waals surface area contributed by atoms with E-state index in [-0.39, 0.29) is 50.6 Å². The maximum Gasteiger partial charge on any atom is 0.416 e. The highest BCUT2D eigenvalue weighted by atomic mass is 19.4. The number of unbranched alkanes of at least 4 members (excludes halogenated alkanes) is 2. The summed E-state index contributed by atoms with van der Waals surface area (Å²) in [7, 11) is 0. The second-order valence-corrected chi connectivity index (χ2v) is 22.9. The van der Waals surface area contributed by atoms with Crippen molar-refractivity contribution in [1.82, 2.24) is 0 Å². The molecule has 7 aromatic rings. The number of hydrogen-bond acceptors (Lipinski definition) is 3. The summed E-state index contributed by atoms with van der Waals surface area (Å²) in [6.07, 6.45) is -22.4. The van der Waals surface area contributed by atoms with Crippen molar-refractivity contribution in [2.45, 2.75) is 198 Å². The average Bonchev–Trinajstić information content (AvgIpc) is 0.892. The van der Waals surface area contributed by atoms with E-state index in [9.17, 15) is 92.2 Å². The molecular formula is C75H87F21O3. The molecule has 0 fully saturated rings. The molecule has 0 saturated heterocycles. The fourth-order valence-electron chi connectivity index (χ4n) is 8.88. The Bertz CT molecular complexity index is 3380. The first-order chi connectivity index (χ1) is 45.6. The molecule has 0 aromatic heterocycles. The van der Waals surface area contributed by atoms with Crippen molar-refractivity contribution in [1.29, 1.82) is 0 Å². The Hall–Kier alpha value is -7.53. The van der Waals surface area contributed by atoms with E-state index in [0.29, 0.717) is 43.8 Å². The maximum absolute atomic E-state index is 12.6. The topological polar surface area (TPSA) is 27.7 Å². The first-order valence-corrected chi connectivity index (χ1v) is 31.7. The predicted molar refractivity (Wildman–Crippen MR) is 347 cm³/mol. The molecule has 0 N–H and O–H groups in total. The zero-order chi connectivity index (χ0) is 76.1. The number of halogens is 21. The van der Waals surface area contributed by atoms with Crippen molar-refractivity contribution in [3.63, 3.8) is 0 Å². The maximum atomic E-state index is 12.6. The van der Waals surface area contributed by atoms with Gasteiger partial charge in [0.15, 0.2) is 0 Å². The third kappa shape index (κ3) is 33.0. The molecule has 3 nitrogen and oxygen atoms in total. The Kier molecular flexibility index (Phi) is 36.7. The lowest BCUT2D eigenvalue weighted by molar-refractivity contribution is -0.139. The number of ether oxygens (including phenoxy) is 3. The summed E-state index contributed by atoms with van der Waals surface area (Å²) in [5, 5.41) is 0. The van der Waals surface area contributed by atoms with Crippen molar-refractivity contribution < 1.29 is 106 Å². The van der Waals surface area contributed by atoms with Gasteiger partial charge in [-0.1, -0.05) is 126 Å². The van der Waals surface area contributed by atoms with E-state index in [1.165, 1.54) is 109 Å². The second kappa shape index (κ2) is 40.7. The summed E-state index contributed by atoms with van der Waals surface area (Å²) >= 11 is 0. The summed E-state index contributed by atoms with van der Waals surface area (Å²) in [5.41, 5.74) is 0.696. The first kappa shape index (κ1) is 89.5. The molecule has 0 saturated carbocycles. The van der Waals surface area contributed by atoms with Crippen LogP contribution in [0.3, 0.4) is 0 Å². The Balaban J connectivity index is 0.000000578. The molecule has 0 aliphatic carbocycles. The van der Waals surface area contributed by atoms with Crippen LogP contribution in [0.1, 0.15) is 180 Å². The van der Waals surface area contributed by atoms with Gasteiger partial charge in [-0.3, -0.25) is 0 Å². The Morgan fingerprint density at radius 3 is 0.818 bits per heavy atom. The molecule has 0 heterocycles. The molecule has 0 bridgehead atoms. The molecule has 0 spiro atoms. The third-order valence-electron chi connectivity index (χ3n) is 14.4. The van der Waals surface area contributed by atoms with Gasteiger partial charge >= 0.3 is 43.2 Å². The summed E-state index contributed by atoms with van der Waals surface area (Å²) in [6, 6.07) is 30.0. The standard InChI is InChI=1S/C12H15F3O.C12H15F3.C11H13F3O.C11H13F3.C10H11F3O.C10H11F3.C9H9F3/c1-3-4-7-16-10-6-5-9(2)11(8-10)12(13,14)15;1-3-4-5-10-7-6-9(2)11(8-10)12(13,14)15;1-3-6-15-9-5-4-8(2)10(7-9)11(12,13)14;1-3-4-9-6-5-8(2)10(7-9)11(12,13)14;1-3-14-8-5-4-7(2)9(6-8)10(11,12)13;1-3-8-5-4-7(2)9(6-8)10(11,12)13;1-6-3-4-7(2)8(5-6)9(10,11)12/h5-6,8H,3-4,7H2,1-2H3;6-8H,3-5H2,1-2H3;4-5,7H,3,6H2,1-2H3;5-7H,3-4H2,1-2H3;4-6H,3H2,1-2H3;4-6H,3H2,1-2H3;3-5H,1-2H3. The van der Waals surface area contributed by atoms with Crippen LogP contribution in [0, 0.1) is 55.4 Å². The zero-order valence-electron chi connectivity index (χ0n) is 57.8. The largest absolute Gasteiger partial charge is 0.494 e. The van der Waals surface area contributed by atoms with E-state index < -0.39 is 82.2 Å². The minimum Gasteiger partial charge on any atom is -0.494 e. The van der Waals surface area contributed by atoms with E-state index in [1.807, 2.05) is 34.6 Å². The SMILES string of the molecule is CCCCOc1ccc(C)c(C(F)(F)F)c1.CCCCc1ccc(C)c(C(F)(F)F)c1.CCCOc1ccc(C)c(C(F)(F)F)c1.CCCc1ccc(C)c(C(F)(F)F)c1.CCOc1ccc(C)c(C(F)(F)F)c1.CCc1ccc(C)c(C(F)(F)F)c1.Cc1ccc(C)c(C(F)(F)F)c1. The fraction of sp³-hybridized carbons (Fsp3) is 0.440. The lowest BCUT2D eigenvalue weighted by Crippen LogP contribution is -2.08. The third-order valence-corrected chi connectivity index (χ3v) is 14.4. The smallest absolute Gasteiger partial charge is 0.416 e. The second-order valence-electron chi connectivity index (χ2n) is 22.9. The van der Waals surface area contributed by atoms with E-state index in [1.54, 1.807) is 56.3 Å². The van der Waals surface area contributed by atoms with Crippen LogP contribution in [0.4, 0.5) is 92.2 Å². The van der Waals surface area contributed by atoms with E-state index in [0.717, 1.165) is 85.9 Å². The van der Waals surface area contributed by atoms with Crippen LogP contribution >= 0.6 is 0 Å². The van der Waals surface area contributed by atoms with Crippen LogP contribution in [0.25, 0.3) is 0 Å². The van der Waals surface area contributed by atoms with Crippen LogP contribution in [0.2, 0.25) is 0 Å². The number of benzene rings is 7. The van der Waals surface area contributed by atoms with Gasteiger partial charge in [0.05, 0.1) is 58.8 Å². The van der Waals surface area contributed by atoms with Gasteiger partial charge in [0, 0.05) is 0 Å². The molecule has 7 aromatic carbocycles. The number of rotatable bonds is 15. The highest BCUT2D eigenvalue weighted by Gasteiger charge is 2.37. The number of alkyl halides is 21. The minimum atomic E-state index is -4.31. The van der Waals surface area contributed by atoms with Crippen molar-refractivity contribution >= 4 is 0 Å². The summed E-state index contributed by atoms with van der Waals surface area (Å²) in [6.45, 7) is 24.6. The van der Waals surface area contributed by atoms with E-state index in [2.05, 4.69) is 0 Å². The van der Waals surface area contributed by atoms with Crippen molar-refractivity contribution in [3.8, 4) is 17.2 Å². The molecule has 7 rings (SSSR count). The summed E-state index contributed by atoms with van der Waals surface area (Å²) < 4.78 is 277. The zero-order valence-corrected chi connectivity index (χ0v) is 57.8. The van der Waals surface area contributed by atoms with Gasteiger partial charge in [0.1, 0.15) is 17.2 Å². The first-order valence-electron chi connectivity index (χ1n) is 31.7. The van der Waals surface area contributed by atoms with E-state index in [4.69, 9.17) is 14.2 Å². The monoisotopic (exact) mass is 1430 g/mol. The molecule has 99 heavy (non-hydrogen) atoms. The van der Waals surface area contributed by atoms with Gasteiger partial charge < -0.3 is 14.2 Å². The lowest BCUT2D eigenvalue weighted by atomic mass is 10.0.